The molecule has 3 rings (SSSR count). The Labute approximate surface area is 203 Å². The third-order valence-electron chi connectivity index (χ3n) is 4.94. The second-order valence-electron chi connectivity index (χ2n) is 7.83. The Bertz CT molecular complexity index is 1110. The van der Waals surface area contributed by atoms with Gasteiger partial charge in [-0.15, -0.1) is 16.8 Å². The molecule has 1 amide bonds. The monoisotopic (exact) mass is 488 g/mol. The topological polar surface area (TPSA) is 59.8 Å². The maximum atomic E-state index is 12.9. The van der Waals surface area contributed by atoms with E-state index < -0.39 is 0 Å². The summed E-state index contributed by atoms with van der Waals surface area (Å²) in [4.78, 5) is 12.9. The number of hydrogen-bond donors (Lipinski definition) is 1. The molecule has 0 bridgehead atoms. The number of rotatable bonds is 9. The van der Waals surface area contributed by atoms with Crippen LogP contribution in [0.25, 0.3) is 0 Å². The Kier molecular flexibility index (Phi) is 8.40. The minimum atomic E-state index is -0.302. The van der Waals surface area contributed by atoms with Crippen LogP contribution >= 0.6 is 35.0 Å². The predicted octanol–water partition coefficient (Wildman–Crippen LogP) is 6.50. The first-order valence-electron chi connectivity index (χ1n) is 10.3. The molecule has 1 aromatic heterocycles. The number of aromatic nitrogens is 3. The van der Waals surface area contributed by atoms with Gasteiger partial charge in [-0.2, -0.15) is 0 Å². The van der Waals surface area contributed by atoms with Crippen LogP contribution in [0, 0.1) is 12.8 Å². The Hall–Kier alpha value is -2.28. The van der Waals surface area contributed by atoms with Crippen LogP contribution in [-0.4, -0.2) is 20.7 Å². The lowest BCUT2D eigenvalue weighted by atomic mass is 10.0. The van der Waals surface area contributed by atoms with Crippen LogP contribution in [0.4, 0.5) is 0 Å². The lowest BCUT2D eigenvalue weighted by Crippen LogP contribution is -2.33. The first kappa shape index (κ1) is 24.4. The van der Waals surface area contributed by atoms with Gasteiger partial charge in [0.05, 0.1) is 6.04 Å². The maximum Gasteiger partial charge on any atom is 0.251 e. The molecule has 8 heteroatoms. The van der Waals surface area contributed by atoms with Gasteiger partial charge in [-0.05, 0) is 42.7 Å². The Balaban J connectivity index is 1.85. The van der Waals surface area contributed by atoms with E-state index in [1.54, 1.807) is 12.1 Å². The lowest BCUT2D eigenvalue weighted by molar-refractivity contribution is 0.0922. The summed E-state index contributed by atoms with van der Waals surface area (Å²) in [5, 5.41) is 13.9. The molecule has 0 saturated carbocycles. The first-order chi connectivity index (χ1) is 15.3. The number of halogens is 2. The second kappa shape index (κ2) is 11.0. The molecule has 0 unspecified atom stereocenters. The van der Waals surface area contributed by atoms with Gasteiger partial charge in [0.1, 0.15) is 0 Å². The average Bonchev–Trinajstić information content (AvgIpc) is 3.13. The zero-order valence-electron chi connectivity index (χ0n) is 18.3. The van der Waals surface area contributed by atoms with E-state index in [0.29, 0.717) is 33.7 Å². The number of carbonyl (C=O) groups excluding carboxylic acids is 1. The van der Waals surface area contributed by atoms with Crippen molar-refractivity contribution >= 4 is 40.9 Å². The van der Waals surface area contributed by atoms with E-state index >= 15 is 0 Å². The number of allylic oxidation sites excluding steroid dienone is 1. The maximum absolute atomic E-state index is 12.9. The summed E-state index contributed by atoms with van der Waals surface area (Å²) in [6.07, 6.45) is 1.80. The molecule has 1 atom stereocenters. The van der Waals surface area contributed by atoms with Crippen molar-refractivity contribution in [2.75, 3.05) is 0 Å². The van der Waals surface area contributed by atoms with Gasteiger partial charge in [0.2, 0.25) is 0 Å². The molecule has 0 saturated heterocycles. The van der Waals surface area contributed by atoms with E-state index in [0.717, 1.165) is 16.3 Å². The summed E-state index contributed by atoms with van der Waals surface area (Å²) < 4.78 is 1.99. The quantitative estimate of drug-likeness (QED) is 0.275. The van der Waals surface area contributed by atoms with Crippen molar-refractivity contribution in [3.63, 3.8) is 0 Å². The molecule has 168 valence electrons. The van der Waals surface area contributed by atoms with Crippen molar-refractivity contribution in [1.82, 2.24) is 20.1 Å². The highest BCUT2D eigenvalue weighted by Gasteiger charge is 2.26. The Morgan fingerprint density at radius 1 is 1.22 bits per heavy atom. The van der Waals surface area contributed by atoms with Gasteiger partial charge in [0.25, 0.3) is 5.91 Å². The van der Waals surface area contributed by atoms with Crippen molar-refractivity contribution in [2.45, 2.75) is 44.3 Å². The van der Waals surface area contributed by atoms with E-state index in [1.165, 1.54) is 11.8 Å². The van der Waals surface area contributed by atoms with Crippen LogP contribution in [0.5, 0.6) is 0 Å². The van der Waals surface area contributed by atoms with Gasteiger partial charge >= 0.3 is 0 Å². The molecule has 3 aromatic rings. The number of benzene rings is 2. The molecule has 0 aliphatic heterocycles. The molecule has 32 heavy (non-hydrogen) atoms. The van der Waals surface area contributed by atoms with Crippen LogP contribution in [0.3, 0.4) is 0 Å². The molecule has 1 heterocycles. The van der Waals surface area contributed by atoms with Gasteiger partial charge in [-0.25, -0.2) is 0 Å². The van der Waals surface area contributed by atoms with Gasteiger partial charge < -0.3 is 9.88 Å². The molecule has 0 spiro atoms. The summed E-state index contributed by atoms with van der Waals surface area (Å²) >= 11 is 13.8. The van der Waals surface area contributed by atoms with Crippen molar-refractivity contribution in [2.24, 2.45) is 5.92 Å². The van der Waals surface area contributed by atoms with Crippen molar-refractivity contribution in [3.05, 3.63) is 87.7 Å². The average molecular weight is 489 g/mol. The molecular formula is C24H26Cl2N4OS. The lowest BCUT2D eigenvalue weighted by Gasteiger charge is -2.22. The highest BCUT2D eigenvalue weighted by molar-refractivity contribution is 7.98. The van der Waals surface area contributed by atoms with Crippen LogP contribution in [-0.2, 0) is 12.3 Å². The third-order valence-corrected chi connectivity index (χ3v) is 6.54. The van der Waals surface area contributed by atoms with E-state index in [-0.39, 0.29) is 17.9 Å². The summed E-state index contributed by atoms with van der Waals surface area (Å²) in [5.41, 5.74) is 2.62. The molecule has 5 nitrogen and oxygen atoms in total. The molecular weight excluding hydrogens is 463 g/mol. The minimum absolute atomic E-state index is 0.111. The first-order valence-corrected chi connectivity index (χ1v) is 12.0. The Morgan fingerprint density at radius 3 is 2.66 bits per heavy atom. The number of nitrogens with zero attached hydrogens (tertiary/aromatic N) is 3. The molecule has 0 aliphatic carbocycles. The summed E-state index contributed by atoms with van der Waals surface area (Å²) in [6, 6.07) is 12.7. The van der Waals surface area contributed by atoms with Crippen molar-refractivity contribution in [3.8, 4) is 0 Å². The van der Waals surface area contributed by atoms with Gasteiger partial charge in [-0.3, -0.25) is 4.79 Å². The normalized spacial score (nSPS) is 12.1. The van der Waals surface area contributed by atoms with Gasteiger partial charge in [0.15, 0.2) is 11.0 Å². The third kappa shape index (κ3) is 5.94. The molecule has 0 fully saturated rings. The summed E-state index contributed by atoms with van der Waals surface area (Å²) in [6.45, 7) is 10.5. The fraction of sp³-hybridized carbons (Fsp3) is 0.292. The van der Waals surface area contributed by atoms with Gasteiger partial charge in [-0.1, -0.05) is 78.6 Å². The highest BCUT2D eigenvalue weighted by atomic mass is 35.5. The molecule has 0 radical (unpaired) electrons. The molecule has 2 aromatic carbocycles. The number of hydrogen-bond acceptors (Lipinski definition) is 4. The van der Waals surface area contributed by atoms with Crippen LogP contribution in [0.15, 0.2) is 60.3 Å². The van der Waals surface area contributed by atoms with Crippen LogP contribution < -0.4 is 5.32 Å². The zero-order valence-corrected chi connectivity index (χ0v) is 20.6. The predicted molar refractivity (Wildman–Crippen MR) is 132 cm³/mol. The Morgan fingerprint density at radius 2 is 2.00 bits per heavy atom. The fourth-order valence-electron chi connectivity index (χ4n) is 3.26. The van der Waals surface area contributed by atoms with E-state index in [9.17, 15) is 4.79 Å². The number of carbonyl (C=O) groups is 1. The summed E-state index contributed by atoms with van der Waals surface area (Å²) in [5.74, 6) is 1.29. The molecule has 1 N–H and O–H groups in total. The SMILES string of the molecule is C=CCn1c(SCc2ccc(Cl)cc2Cl)nnc1[C@@H](NC(=O)c1cccc(C)c1)C(C)C. The highest BCUT2D eigenvalue weighted by Crippen LogP contribution is 2.30. The van der Waals surface area contributed by atoms with E-state index in [4.69, 9.17) is 23.2 Å². The number of aryl methyl sites for hydroxylation is 1. The van der Waals surface area contributed by atoms with E-state index in [1.807, 2.05) is 47.9 Å². The van der Waals surface area contributed by atoms with Crippen molar-refractivity contribution in [1.29, 1.82) is 0 Å². The van der Waals surface area contributed by atoms with Crippen LogP contribution in [0.2, 0.25) is 10.0 Å². The zero-order chi connectivity index (χ0) is 23.3. The number of nitrogens with one attached hydrogen (secondary N) is 1. The standard InChI is InChI=1S/C24H26Cl2N4OS/c1-5-11-30-22(21(15(2)3)27-23(31)17-8-6-7-16(4)12-17)28-29-24(30)32-14-18-9-10-19(25)13-20(18)26/h5-10,12-13,15,21H,1,11,14H2,2-4H3,(H,27,31)/t21-/m0/s1. The fourth-order valence-corrected chi connectivity index (χ4v) is 4.77. The minimum Gasteiger partial charge on any atom is -0.342 e. The van der Waals surface area contributed by atoms with Gasteiger partial charge in [0, 0.05) is 27.9 Å². The second-order valence-corrected chi connectivity index (χ2v) is 9.62. The number of thioether (sulfide) groups is 1. The number of amides is 1. The van der Waals surface area contributed by atoms with Crippen LogP contribution in [0.1, 0.15) is 47.2 Å². The van der Waals surface area contributed by atoms with E-state index in [2.05, 4.69) is 35.9 Å². The summed E-state index contributed by atoms with van der Waals surface area (Å²) in [7, 11) is 0. The van der Waals surface area contributed by atoms with Crippen molar-refractivity contribution < 1.29 is 4.79 Å². The smallest absolute Gasteiger partial charge is 0.251 e. The largest absolute Gasteiger partial charge is 0.342 e. The molecule has 0 aliphatic rings.